The van der Waals surface area contributed by atoms with E-state index in [2.05, 4.69) is 513 Å². The van der Waals surface area contributed by atoms with Gasteiger partial charge in [-0.25, -0.2) is 0 Å². The zero-order chi connectivity index (χ0) is 95.2. The van der Waals surface area contributed by atoms with Crippen LogP contribution in [-0.4, -0.2) is 28.5 Å². The van der Waals surface area contributed by atoms with E-state index in [1.807, 2.05) is 0 Å². The van der Waals surface area contributed by atoms with Crippen LogP contribution in [0.15, 0.2) is 448 Å². The Morgan fingerprint density at radius 1 is 0.194 bits per heavy atom. The third kappa shape index (κ3) is 11.3. The van der Waals surface area contributed by atoms with Gasteiger partial charge < -0.3 is 28.2 Å². The summed E-state index contributed by atoms with van der Waals surface area (Å²) in [5.74, 6) is 0. The number of fused-ring (bicyclic) bond motifs is 26. The van der Waals surface area contributed by atoms with Crippen LogP contribution < -0.4 is 5.32 Å². The van der Waals surface area contributed by atoms with E-state index in [0.717, 1.165) is 78.2 Å². The number of benzene rings is 21. The average Bonchev–Trinajstić information content (AvgIpc) is 1.54. The van der Waals surface area contributed by atoms with Gasteiger partial charge in [-0.2, -0.15) is 0 Å². The highest BCUT2D eigenvalue weighted by molar-refractivity contribution is 6.42. The van der Waals surface area contributed by atoms with Crippen LogP contribution in [0.4, 0.5) is 0 Å². The van der Waals surface area contributed by atoms with Gasteiger partial charge in [0.15, 0.2) is 0 Å². The zero-order valence-corrected chi connectivity index (χ0v) is 80.4. The second kappa shape index (κ2) is 29.6. The molecule has 0 spiro atoms. The van der Waals surface area contributed by atoms with Crippen LogP contribution in [0.25, 0.3) is 237 Å². The van der Waals surface area contributed by atoms with Crippen LogP contribution in [0.5, 0.6) is 0 Å². The molecule has 5 aliphatic rings. The summed E-state index contributed by atoms with van der Waals surface area (Å²) in [6, 6.07) is 167. The summed E-state index contributed by atoms with van der Waals surface area (Å²) in [5.41, 5.74) is 50.3. The topological polar surface area (TPSA) is 49.0 Å². The van der Waals surface area contributed by atoms with Crippen molar-refractivity contribution in [3.8, 4) is 106 Å². The van der Waals surface area contributed by atoms with Gasteiger partial charge in [0.2, 0.25) is 0 Å². The highest BCUT2D eigenvalue weighted by atomic mass is 15.1. The van der Waals surface area contributed by atoms with Gasteiger partial charge in [-0.05, 0) is 291 Å². The van der Waals surface area contributed by atoms with Crippen molar-refractivity contribution >= 4 is 137 Å². The van der Waals surface area contributed by atoms with E-state index in [1.165, 1.54) is 221 Å². The Kier molecular flexibility index (Phi) is 16.6. The summed E-state index contributed by atoms with van der Waals surface area (Å²) in [7, 11) is 0. The summed E-state index contributed by atoms with van der Waals surface area (Å²) in [4.78, 5) is 5.84. The Balaban J connectivity index is 0.491. The number of aliphatic imine (C=N–C) groups is 1. The first-order valence-corrected chi connectivity index (χ1v) is 50.6. The van der Waals surface area contributed by atoms with Gasteiger partial charge >= 0.3 is 0 Å². The maximum Gasteiger partial charge on any atom is 0.145 e. The predicted octanol–water partition coefficient (Wildman–Crippen LogP) is 34.9. The predicted molar refractivity (Wildman–Crippen MR) is 602 cm³/mol. The second-order valence-electron chi connectivity index (χ2n) is 42.0. The third-order valence-corrected chi connectivity index (χ3v) is 33.5. The van der Waals surface area contributed by atoms with Crippen LogP contribution in [0.2, 0.25) is 0 Å². The van der Waals surface area contributed by atoms with E-state index in [4.69, 9.17) is 4.99 Å². The molecule has 1 aliphatic heterocycles. The average molecular weight is 1840 g/mol. The fourth-order valence-corrected chi connectivity index (χ4v) is 26.6. The number of rotatable bonds is 11. The lowest BCUT2D eigenvalue weighted by Gasteiger charge is -2.27. The van der Waals surface area contributed by atoms with E-state index < -0.39 is 6.17 Å². The van der Waals surface area contributed by atoms with Crippen LogP contribution in [0.3, 0.4) is 0 Å². The molecule has 0 saturated heterocycles. The molecule has 5 aromatic heterocycles. The normalized spacial score (nSPS) is 14.9. The number of nitrogens with one attached hydrogen (secondary N) is 1. The molecule has 1 atom stereocenters. The molecule has 7 heteroatoms. The van der Waals surface area contributed by atoms with E-state index in [9.17, 15) is 0 Å². The summed E-state index contributed by atoms with van der Waals surface area (Å²) in [6.07, 6.45) is -0.405. The maximum atomic E-state index is 5.84. The molecule has 144 heavy (non-hydrogen) atoms. The minimum absolute atomic E-state index is 0.110. The van der Waals surface area contributed by atoms with Crippen molar-refractivity contribution in [1.82, 2.24) is 28.2 Å². The van der Waals surface area contributed by atoms with E-state index >= 15 is 0 Å². The lowest BCUT2D eigenvalue weighted by molar-refractivity contribution is 0.660. The quantitative estimate of drug-likeness (QED) is 0.138. The van der Waals surface area contributed by atoms with Crippen molar-refractivity contribution in [3.63, 3.8) is 0 Å². The number of para-hydroxylation sites is 4. The van der Waals surface area contributed by atoms with Crippen LogP contribution >= 0.6 is 0 Å². The lowest BCUT2D eigenvalue weighted by atomic mass is 9.82. The molecule has 0 saturated carbocycles. The maximum absolute atomic E-state index is 5.84. The van der Waals surface area contributed by atoms with Crippen molar-refractivity contribution in [2.24, 2.45) is 4.99 Å². The molecule has 676 valence electrons. The fourth-order valence-electron chi connectivity index (χ4n) is 26.6. The van der Waals surface area contributed by atoms with Crippen molar-refractivity contribution in [2.75, 3.05) is 0 Å². The Hall–Kier alpha value is -17.9. The first-order chi connectivity index (χ1) is 70.7. The molecule has 7 nitrogen and oxygen atoms in total. The molecular weight excluding hydrogens is 1740 g/mol. The molecule has 6 heterocycles. The SMILES string of the molecule is CC1(C)c2ccccc2-c2ccc(-n3c4ccccc4c4cc(-c5ccc6c(c5)c5ccccc5n6-c5cccc(C6N=C(c7ccccc7)C7=C(N6)c6cccc8c(-c9ccc(-n%10c%11ccc(-c%12ccc%13c(c%12)c%12ccccc%12n%13-c%12ccc%13c(c%12)C(C)(C)c%12ccccc%12-%13)cc%11c%11cc(-c%12ccc%13c(c%12)c%12ccccc%12n%13-c%12ccc%13c(c%12)C(C)(C)c%12ccccc%12-%13)ccc%11%10)cc9)ccc7c68)c5)ccc43)cc21. The lowest BCUT2D eigenvalue weighted by Crippen LogP contribution is -2.26. The number of aromatic nitrogens is 5. The Bertz CT molecular complexity index is 10000. The smallest absolute Gasteiger partial charge is 0.145 e. The van der Waals surface area contributed by atoms with Crippen LogP contribution in [0, 0.1) is 0 Å². The van der Waals surface area contributed by atoms with E-state index in [1.54, 1.807) is 0 Å². The Morgan fingerprint density at radius 3 is 0.889 bits per heavy atom. The highest BCUT2D eigenvalue weighted by Crippen LogP contribution is 2.56. The highest BCUT2D eigenvalue weighted by Gasteiger charge is 2.41. The molecule has 1 unspecified atom stereocenters. The minimum Gasteiger partial charge on any atom is -0.359 e. The molecule has 4 aliphatic carbocycles. The van der Waals surface area contributed by atoms with Gasteiger partial charge in [0, 0.05) is 115 Å². The molecule has 1 N–H and O–H groups in total. The molecular formula is C137H93N7. The molecule has 21 aromatic carbocycles. The first kappa shape index (κ1) is 81.0. The molecule has 0 radical (unpaired) electrons. The number of hydrogen-bond donors (Lipinski definition) is 1. The molecule has 0 amide bonds. The summed E-state index contributed by atoms with van der Waals surface area (Å²) < 4.78 is 12.4. The zero-order valence-electron chi connectivity index (χ0n) is 80.4. The summed E-state index contributed by atoms with van der Waals surface area (Å²) >= 11 is 0. The Labute approximate surface area is 832 Å². The fraction of sp³-hybridized carbons (Fsp3) is 0.0730. The van der Waals surface area contributed by atoms with Gasteiger partial charge in [-0.3, -0.25) is 4.99 Å². The summed E-state index contributed by atoms with van der Waals surface area (Å²) in [5, 5.41) is 18.7. The van der Waals surface area contributed by atoms with Crippen molar-refractivity contribution in [3.05, 3.63) is 498 Å². The molecule has 31 rings (SSSR count). The molecule has 26 aromatic rings. The monoisotopic (exact) mass is 1840 g/mol. The largest absolute Gasteiger partial charge is 0.359 e. The third-order valence-electron chi connectivity index (χ3n) is 33.5. The minimum atomic E-state index is -0.405. The van der Waals surface area contributed by atoms with Crippen molar-refractivity contribution in [1.29, 1.82) is 0 Å². The first-order valence-electron chi connectivity index (χ1n) is 50.6. The van der Waals surface area contributed by atoms with Gasteiger partial charge in [0.1, 0.15) is 6.17 Å². The Morgan fingerprint density at radius 2 is 0.486 bits per heavy atom. The molecule has 0 bridgehead atoms. The van der Waals surface area contributed by atoms with Gasteiger partial charge in [0.25, 0.3) is 0 Å². The van der Waals surface area contributed by atoms with Crippen molar-refractivity contribution in [2.45, 2.75) is 64.0 Å². The van der Waals surface area contributed by atoms with Gasteiger partial charge in [0.05, 0.1) is 66.6 Å². The van der Waals surface area contributed by atoms with Crippen molar-refractivity contribution < 1.29 is 0 Å². The van der Waals surface area contributed by atoms with E-state index in [-0.39, 0.29) is 16.2 Å². The van der Waals surface area contributed by atoms with Gasteiger partial charge in [-0.1, -0.05) is 327 Å². The molecule has 0 fully saturated rings. The van der Waals surface area contributed by atoms with E-state index in [0.29, 0.717) is 0 Å². The standard InChI is InChI=1S/C137H93N7/c1-135(2)114-39-17-10-30-95(114)98-59-56-91(77-117(98)135)142-121-43-21-14-34-102(121)109-72-83(49-65-125(109)142)82-48-64-124-108(71-82)101-33-13-20-42-120(101)141(124)90-29-24-28-88(70-90)134-138-132(81-26-8-7-9-27-81)131-106-63-62-94(105-37-25-38-107(130(105)106)133(131)139-134)80-46-54-89(55-47-80)140-128-68-52-86(84-50-66-126-110(73-84)103-35-15-22-44-122(103)143(126)92-57-60-99-96-31-11-18-40-115(96)136(3,4)118(99)78-92)75-112(128)113-76-87(53-69-129(113)140)85-51-67-127-111(74-85)104-36-16-23-45-123(104)144(127)93-58-61-100-97-32-12-19-41-116(97)137(5,6)119(100)79-93/h7-79,134,139H,1-6H3. The van der Waals surface area contributed by atoms with Crippen LogP contribution in [-0.2, 0) is 16.2 Å². The van der Waals surface area contributed by atoms with Crippen LogP contribution in [0.1, 0.15) is 103 Å². The number of hydrogen-bond acceptors (Lipinski definition) is 2. The van der Waals surface area contributed by atoms with Gasteiger partial charge in [-0.15, -0.1) is 0 Å². The summed E-state index contributed by atoms with van der Waals surface area (Å²) in [6.45, 7) is 14.2. The number of allylic oxidation sites excluding steroid dienone is 1. The second-order valence-corrected chi connectivity index (χ2v) is 42.0. The number of nitrogens with zero attached hydrogens (tertiary/aromatic N) is 6.